The molecule has 0 fully saturated rings. The third-order valence-corrected chi connectivity index (χ3v) is 4.53. The van der Waals surface area contributed by atoms with Crippen molar-refractivity contribution < 1.29 is 8.42 Å². The minimum Gasteiger partial charge on any atom is -0.397 e. The molecule has 0 amide bonds. The Kier molecular flexibility index (Phi) is 4.78. The molecule has 18 heavy (non-hydrogen) atoms. The highest BCUT2D eigenvalue weighted by Gasteiger charge is 2.18. The number of aryl methyl sites for hydroxylation is 1. The molecule has 1 unspecified atom stereocenters. The lowest BCUT2D eigenvalue weighted by atomic mass is 10.2. The van der Waals surface area contributed by atoms with Crippen LogP contribution in [0.15, 0.2) is 29.7 Å². The first kappa shape index (κ1) is 15.0. The predicted molar refractivity (Wildman–Crippen MR) is 75.2 cm³/mol. The topological polar surface area (TPSA) is 72.2 Å². The van der Waals surface area contributed by atoms with Crippen LogP contribution < -0.4 is 10.5 Å². The number of nitrogens with one attached hydrogen (secondary N) is 1. The maximum atomic E-state index is 12.1. The molecule has 100 valence electrons. The van der Waals surface area contributed by atoms with Gasteiger partial charge < -0.3 is 5.73 Å². The number of halogens is 1. The Bertz CT molecular complexity index is 532. The number of hydrogen-bond donors (Lipinski definition) is 2. The van der Waals surface area contributed by atoms with Gasteiger partial charge in [0, 0.05) is 6.04 Å². The molecule has 1 aromatic rings. The second-order valence-corrected chi connectivity index (χ2v) is 6.28. The number of hydrogen-bond acceptors (Lipinski definition) is 3. The van der Waals surface area contributed by atoms with Crippen molar-refractivity contribution in [3.8, 4) is 0 Å². The summed E-state index contributed by atoms with van der Waals surface area (Å²) < 4.78 is 26.7. The third kappa shape index (κ3) is 3.48. The van der Waals surface area contributed by atoms with Crippen molar-refractivity contribution in [2.45, 2.75) is 31.2 Å². The van der Waals surface area contributed by atoms with E-state index in [0.29, 0.717) is 17.0 Å². The summed E-state index contributed by atoms with van der Waals surface area (Å²) in [7, 11) is -3.58. The SMILES string of the molecule is C=CCC(C)NS(=O)(=O)c1cc(C)c(Cl)c(N)c1. The van der Waals surface area contributed by atoms with Gasteiger partial charge >= 0.3 is 0 Å². The number of rotatable bonds is 5. The molecule has 1 atom stereocenters. The predicted octanol–water partition coefficient (Wildman–Crippen LogP) is 2.47. The normalized spacial score (nSPS) is 13.3. The van der Waals surface area contributed by atoms with Gasteiger partial charge in [-0.1, -0.05) is 17.7 Å². The van der Waals surface area contributed by atoms with Crippen molar-refractivity contribution >= 4 is 27.3 Å². The van der Waals surface area contributed by atoms with Crippen molar-refractivity contribution in [2.75, 3.05) is 5.73 Å². The van der Waals surface area contributed by atoms with E-state index in [9.17, 15) is 8.42 Å². The molecule has 0 aromatic heterocycles. The Morgan fingerprint density at radius 1 is 1.56 bits per heavy atom. The van der Waals surface area contributed by atoms with Crippen LogP contribution in [-0.2, 0) is 10.0 Å². The van der Waals surface area contributed by atoms with E-state index in [1.54, 1.807) is 19.9 Å². The Hall–Kier alpha value is -1.04. The van der Waals surface area contributed by atoms with Crippen molar-refractivity contribution in [1.82, 2.24) is 4.72 Å². The summed E-state index contributed by atoms with van der Waals surface area (Å²) in [5.41, 5.74) is 6.56. The lowest BCUT2D eigenvalue weighted by molar-refractivity contribution is 0.562. The number of nitrogens with two attached hydrogens (primary N) is 1. The third-order valence-electron chi connectivity index (χ3n) is 2.44. The van der Waals surface area contributed by atoms with Crippen molar-refractivity contribution in [2.24, 2.45) is 0 Å². The van der Waals surface area contributed by atoms with E-state index < -0.39 is 10.0 Å². The van der Waals surface area contributed by atoms with Crippen LogP contribution in [0.2, 0.25) is 5.02 Å². The number of anilines is 1. The minimum atomic E-state index is -3.58. The summed E-state index contributed by atoms with van der Waals surface area (Å²) in [5.74, 6) is 0. The Morgan fingerprint density at radius 3 is 2.67 bits per heavy atom. The van der Waals surface area contributed by atoms with Crippen LogP contribution in [-0.4, -0.2) is 14.5 Å². The summed E-state index contributed by atoms with van der Waals surface area (Å²) in [6.07, 6.45) is 2.22. The zero-order valence-electron chi connectivity index (χ0n) is 10.4. The van der Waals surface area contributed by atoms with Crippen LogP contribution in [0.4, 0.5) is 5.69 Å². The number of nitrogen functional groups attached to an aromatic ring is 1. The average Bonchev–Trinajstić information content (AvgIpc) is 2.24. The van der Waals surface area contributed by atoms with Crippen LogP contribution in [0.25, 0.3) is 0 Å². The van der Waals surface area contributed by atoms with E-state index >= 15 is 0 Å². The molecule has 0 bridgehead atoms. The maximum absolute atomic E-state index is 12.1. The molecule has 0 aliphatic rings. The Balaban J connectivity index is 3.09. The molecule has 1 aromatic carbocycles. The molecular weight excluding hydrogens is 272 g/mol. The zero-order chi connectivity index (χ0) is 13.9. The molecule has 6 heteroatoms. The van der Waals surface area contributed by atoms with E-state index in [1.807, 2.05) is 0 Å². The summed E-state index contributed by atoms with van der Waals surface area (Å²) >= 11 is 5.90. The van der Waals surface area contributed by atoms with E-state index in [0.717, 1.165) is 0 Å². The van der Waals surface area contributed by atoms with Gasteiger partial charge in [-0.3, -0.25) is 0 Å². The lowest BCUT2D eigenvalue weighted by Crippen LogP contribution is -2.32. The van der Waals surface area contributed by atoms with Gasteiger partial charge in [-0.25, -0.2) is 13.1 Å². The largest absolute Gasteiger partial charge is 0.397 e. The fraction of sp³-hybridized carbons (Fsp3) is 0.333. The fourth-order valence-corrected chi connectivity index (χ4v) is 3.03. The zero-order valence-corrected chi connectivity index (χ0v) is 12.0. The molecule has 1 rings (SSSR count). The van der Waals surface area contributed by atoms with Crippen LogP contribution in [0.3, 0.4) is 0 Å². The van der Waals surface area contributed by atoms with Gasteiger partial charge in [0.1, 0.15) is 0 Å². The molecule has 0 aliphatic heterocycles. The van der Waals surface area contributed by atoms with Crippen LogP contribution in [0.5, 0.6) is 0 Å². The number of sulfonamides is 1. The molecular formula is C12H17ClN2O2S. The van der Waals surface area contributed by atoms with E-state index in [2.05, 4.69) is 11.3 Å². The average molecular weight is 289 g/mol. The molecule has 0 heterocycles. The molecule has 0 saturated carbocycles. The molecule has 0 spiro atoms. The maximum Gasteiger partial charge on any atom is 0.240 e. The standard InChI is InChI=1S/C12H17ClN2O2S/c1-4-5-9(3)15-18(16,17)10-6-8(2)12(13)11(14)7-10/h4,6-7,9,15H,1,5,14H2,2-3H3. The van der Waals surface area contributed by atoms with Gasteiger partial charge in [0.2, 0.25) is 10.0 Å². The van der Waals surface area contributed by atoms with E-state index in [-0.39, 0.29) is 16.6 Å². The monoisotopic (exact) mass is 288 g/mol. The highest BCUT2D eigenvalue weighted by atomic mass is 35.5. The fourth-order valence-electron chi connectivity index (χ4n) is 1.55. The highest BCUT2D eigenvalue weighted by Crippen LogP contribution is 2.26. The second kappa shape index (κ2) is 5.73. The summed E-state index contributed by atoms with van der Waals surface area (Å²) in [6, 6.07) is 2.64. The first-order valence-corrected chi connectivity index (χ1v) is 7.33. The highest BCUT2D eigenvalue weighted by molar-refractivity contribution is 7.89. The Morgan fingerprint density at radius 2 is 2.17 bits per heavy atom. The van der Waals surface area contributed by atoms with Gasteiger partial charge in [-0.05, 0) is 38.0 Å². The molecule has 0 aliphatic carbocycles. The van der Waals surface area contributed by atoms with Gasteiger partial charge in [0.15, 0.2) is 0 Å². The first-order chi connectivity index (χ1) is 8.27. The van der Waals surface area contributed by atoms with E-state index in [1.165, 1.54) is 12.1 Å². The molecule has 4 nitrogen and oxygen atoms in total. The van der Waals surface area contributed by atoms with Crippen molar-refractivity contribution in [1.29, 1.82) is 0 Å². The Labute approximate surface area is 113 Å². The molecule has 0 radical (unpaired) electrons. The summed E-state index contributed by atoms with van der Waals surface area (Å²) in [6.45, 7) is 7.05. The first-order valence-electron chi connectivity index (χ1n) is 5.46. The summed E-state index contributed by atoms with van der Waals surface area (Å²) in [4.78, 5) is 0.123. The number of benzene rings is 1. The van der Waals surface area contributed by atoms with Crippen LogP contribution in [0, 0.1) is 6.92 Å². The van der Waals surface area contributed by atoms with Gasteiger partial charge in [0.05, 0.1) is 15.6 Å². The molecule has 0 saturated heterocycles. The second-order valence-electron chi connectivity index (χ2n) is 4.19. The van der Waals surface area contributed by atoms with E-state index in [4.69, 9.17) is 17.3 Å². The van der Waals surface area contributed by atoms with Gasteiger partial charge in [0.25, 0.3) is 0 Å². The van der Waals surface area contributed by atoms with Gasteiger partial charge in [-0.2, -0.15) is 0 Å². The lowest BCUT2D eigenvalue weighted by Gasteiger charge is -2.14. The van der Waals surface area contributed by atoms with Gasteiger partial charge in [-0.15, -0.1) is 6.58 Å². The van der Waals surface area contributed by atoms with Crippen LogP contribution >= 0.6 is 11.6 Å². The smallest absolute Gasteiger partial charge is 0.240 e. The quantitative estimate of drug-likeness (QED) is 0.646. The van der Waals surface area contributed by atoms with Crippen molar-refractivity contribution in [3.63, 3.8) is 0 Å². The van der Waals surface area contributed by atoms with Crippen LogP contribution in [0.1, 0.15) is 18.9 Å². The minimum absolute atomic E-state index is 0.123. The molecule has 3 N–H and O–H groups in total. The van der Waals surface area contributed by atoms with Crippen molar-refractivity contribution in [3.05, 3.63) is 35.4 Å². The summed E-state index contributed by atoms with van der Waals surface area (Å²) in [5, 5.41) is 0.382.